The molecule has 4 nitrogen and oxygen atoms in total. The normalized spacial score (nSPS) is 11.1. The van der Waals surface area contributed by atoms with Crippen molar-refractivity contribution in [3.05, 3.63) is 0 Å². The summed E-state index contributed by atoms with van der Waals surface area (Å²) in [6.07, 6.45) is 0. The Hall–Kier alpha value is -0.0557. The van der Waals surface area contributed by atoms with E-state index in [4.69, 9.17) is 7.01 Å². The Morgan fingerprint density at radius 2 is 1.19 bits per heavy atom. The minimum atomic E-state index is -1.75. The van der Waals surface area contributed by atoms with Crippen LogP contribution >= 0.6 is 0 Å². The quantitative estimate of drug-likeness (QED) is 0.767. The average molecular weight is 267 g/mol. The SMILES string of the molecule is CC(C)C(C(=O)O)(C(C)C)C(C)C.[O]=[Ti][OH]. The van der Waals surface area contributed by atoms with Gasteiger partial charge in [-0.05, 0) is 17.8 Å². The number of carboxylic acid groups (broad SMARTS) is 1. The molecule has 0 saturated heterocycles. The molecule has 0 unspecified atom stereocenters. The Labute approximate surface area is 107 Å². The number of hydrogen-bond donors (Lipinski definition) is 2. The van der Waals surface area contributed by atoms with Gasteiger partial charge in [-0.25, -0.2) is 0 Å². The van der Waals surface area contributed by atoms with Gasteiger partial charge in [-0.15, -0.1) is 0 Å². The van der Waals surface area contributed by atoms with E-state index in [2.05, 4.69) is 0 Å². The van der Waals surface area contributed by atoms with Crippen LogP contribution in [0.1, 0.15) is 41.5 Å². The van der Waals surface area contributed by atoms with Crippen molar-refractivity contribution in [3.8, 4) is 0 Å². The molecule has 0 aliphatic heterocycles. The fourth-order valence-corrected chi connectivity index (χ4v) is 2.74. The maximum atomic E-state index is 11.3. The van der Waals surface area contributed by atoms with Crippen LogP contribution in [0.5, 0.6) is 0 Å². The molecule has 0 aromatic heterocycles. The predicted octanol–water partition coefficient (Wildman–Crippen LogP) is 2.35. The molecule has 5 heteroatoms. The van der Waals surface area contributed by atoms with Crippen molar-refractivity contribution >= 4 is 5.97 Å². The monoisotopic (exact) mass is 267 g/mol. The molecule has 0 aromatic carbocycles. The standard InChI is InChI=1S/C11H22O2.H2O.O.Ti/c1-7(2)11(8(3)4,9(5)6)10(12)13;;;/h7-9H,1-6H3,(H,12,13);1H2;;/q;;;+1/p-1. The summed E-state index contributed by atoms with van der Waals surface area (Å²) in [5.74, 6) is -0.146. The van der Waals surface area contributed by atoms with Gasteiger partial charge in [0, 0.05) is 0 Å². The number of rotatable bonds is 4. The van der Waals surface area contributed by atoms with Gasteiger partial charge in [0.05, 0.1) is 5.41 Å². The van der Waals surface area contributed by atoms with E-state index in [0.717, 1.165) is 0 Å². The van der Waals surface area contributed by atoms with Gasteiger partial charge < -0.3 is 5.11 Å². The van der Waals surface area contributed by atoms with Gasteiger partial charge in [0.1, 0.15) is 0 Å². The van der Waals surface area contributed by atoms with Gasteiger partial charge in [-0.3, -0.25) is 4.79 Å². The van der Waals surface area contributed by atoms with Crippen molar-refractivity contribution in [1.82, 2.24) is 0 Å². The van der Waals surface area contributed by atoms with Gasteiger partial charge in [0.2, 0.25) is 0 Å². The Morgan fingerprint density at radius 1 is 1.00 bits per heavy atom. The summed E-state index contributed by atoms with van der Waals surface area (Å²) in [7, 11) is 0. The van der Waals surface area contributed by atoms with Crippen LogP contribution in [0.4, 0.5) is 0 Å². The van der Waals surface area contributed by atoms with Crippen molar-refractivity contribution in [2.45, 2.75) is 41.5 Å². The molecule has 0 aromatic rings. The first kappa shape index (κ1) is 18.3. The molecular weight excluding hydrogens is 244 g/mol. The van der Waals surface area contributed by atoms with Gasteiger partial charge in [0.15, 0.2) is 0 Å². The summed E-state index contributed by atoms with van der Waals surface area (Å²) < 4.78 is 15.8. The van der Waals surface area contributed by atoms with E-state index in [0.29, 0.717) is 0 Å². The number of carbonyl (C=O) groups is 1. The van der Waals surface area contributed by atoms with E-state index in [9.17, 15) is 9.90 Å². The Kier molecular flexibility index (Phi) is 9.27. The fourth-order valence-electron chi connectivity index (χ4n) is 2.74. The van der Waals surface area contributed by atoms with Crippen LogP contribution in [0, 0.1) is 23.2 Å². The zero-order chi connectivity index (χ0) is 13.5. The topological polar surface area (TPSA) is 74.6 Å². The average Bonchev–Trinajstić information content (AvgIpc) is 2.01. The molecule has 0 aliphatic carbocycles. The first-order valence-electron chi connectivity index (χ1n) is 5.44. The van der Waals surface area contributed by atoms with Crippen molar-refractivity contribution in [1.29, 1.82) is 0 Å². The second-order valence-corrected chi connectivity index (χ2v) is 5.08. The van der Waals surface area contributed by atoms with Crippen LogP contribution in [0.25, 0.3) is 0 Å². The Bertz CT molecular complexity index is 202. The van der Waals surface area contributed by atoms with E-state index in [-0.39, 0.29) is 17.8 Å². The first-order chi connectivity index (χ1) is 7.19. The summed E-state index contributed by atoms with van der Waals surface area (Å²) in [5.41, 5.74) is -0.583. The number of hydrogen-bond acceptors (Lipinski definition) is 2. The third-order valence-corrected chi connectivity index (χ3v) is 3.24. The zero-order valence-electron chi connectivity index (χ0n) is 10.9. The van der Waals surface area contributed by atoms with Crippen molar-refractivity contribution in [2.75, 3.05) is 0 Å². The van der Waals surface area contributed by atoms with Crippen LogP contribution in [0.2, 0.25) is 0 Å². The van der Waals surface area contributed by atoms with Crippen molar-refractivity contribution < 1.29 is 36.4 Å². The molecular formula is C11H23O4Ti. The molecule has 0 rings (SSSR count). The van der Waals surface area contributed by atoms with E-state index >= 15 is 0 Å². The second-order valence-electron chi connectivity index (χ2n) is 4.79. The molecule has 0 saturated carbocycles. The number of carboxylic acids is 1. The molecule has 0 radical (unpaired) electrons. The van der Waals surface area contributed by atoms with E-state index in [1.165, 1.54) is 0 Å². The number of aliphatic carboxylic acids is 1. The summed E-state index contributed by atoms with van der Waals surface area (Å²) in [6.45, 7) is 12.0. The molecule has 0 aliphatic rings. The molecule has 0 heterocycles. The third kappa shape index (κ3) is 4.08. The first-order valence-corrected chi connectivity index (χ1v) is 6.77. The molecule has 0 amide bonds. The van der Waals surface area contributed by atoms with E-state index < -0.39 is 30.9 Å². The van der Waals surface area contributed by atoms with Crippen LogP contribution < -0.4 is 0 Å². The minimum absolute atomic E-state index is 0.171. The van der Waals surface area contributed by atoms with Crippen molar-refractivity contribution in [3.63, 3.8) is 0 Å². The van der Waals surface area contributed by atoms with Gasteiger partial charge >= 0.3 is 32.5 Å². The molecule has 0 atom stereocenters. The summed E-state index contributed by atoms with van der Waals surface area (Å²) in [5, 5.41) is 9.34. The summed E-state index contributed by atoms with van der Waals surface area (Å²) in [4.78, 5) is 11.3. The van der Waals surface area contributed by atoms with Crippen molar-refractivity contribution in [2.24, 2.45) is 23.2 Å². The molecule has 0 spiro atoms. The zero-order valence-corrected chi connectivity index (χ0v) is 12.5. The molecule has 95 valence electrons. The summed E-state index contributed by atoms with van der Waals surface area (Å²) in [6, 6.07) is 0. The van der Waals surface area contributed by atoms with Crippen LogP contribution in [-0.4, -0.2) is 14.8 Å². The van der Waals surface area contributed by atoms with Gasteiger partial charge in [-0.1, -0.05) is 41.5 Å². The second kappa shape index (κ2) is 8.10. The van der Waals surface area contributed by atoms with E-state index in [1.807, 2.05) is 41.5 Å². The van der Waals surface area contributed by atoms with Crippen LogP contribution in [0.15, 0.2) is 0 Å². The fraction of sp³-hybridized carbons (Fsp3) is 0.909. The molecule has 16 heavy (non-hydrogen) atoms. The van der Waals surface area contributed by atoms with Crippen LogP contribution in [-0.2, 0) is 27.6 Å². The van der Waals surface area contributed by atoms with E-state index in [1.54, 1.807) is 0 Å². The maximum absolute atomic E-state index is 11.3. The Morgan fingerprint density at radius 3 is 1.19 bits per heavy atom. The van der Waals surface area contributed by atoms with Crippen LogP contribution in [0.3, 0.4) is 0 Å². The molecule has 2 N–H and O–H groups in total. The van der Waals surface area contributed by atoms with Gasteiger partial charge in [-0.2, -0.15) is 0 Å². The molecule has 0 fully saturated rings. The third-order valence-electron chi connectivity index (χ3n) is 3.24. The Balaban J connectivity index is 0. The summed E-state index contributed by atoms with van der Waals surface area (Å²) >= 11 is -1.75. The predicted molar refractivity (Wildman–Crippen MR) is 57.5 cm³/mol. The molecule has 0 bridgehead atoms. The van der Waals surface area contributed by atoms with Gasteiger partial charge in [0.25, 0.3) is 0 Å².